The number of carbonyl (C=O) groups is 2. The van der Waals surface area contributed by atoms with E-state index in [4.69, 9.17) is 5.11 Å². The molecule has 1 N–H and O–H groups in total. The summed E-state index contributed by atoms with van der Waals surface area (Å²) in [6, 6.07) is 0. The molecule has 0 saturated heterocycles. The topological polar surface area (TPSA) is 54.4 Å². The second-order valence-electron chi connectivity index (χ2n) is 3.27. The third kappa shape index (κ3) is 3.01. The van der Waals surface area contributed by atoms with Crippen molar-refractivity contribution in [3.05, 3.63) is 11.1 Å². The molecular formula is C10H16O3. The van der Waals surface area contributed by atoms with Gasteiger partial charge in [0, 0.05) is 0 Å². The van der Waals surface area contributed by atoms with Crippen molar-refractivity contribution in [1.82, 2.24) is 0 Å². The highest BCUT2D eigenvalue weighted by atomic mass is 16.4. The SMILES string of the molecule is CCC(=C(C(C)=O)C(=O)O)C(C)C. The van der Waals surface area contributed by atoms with Gasteiger partial charge >= 0.3 is 5.97 Å². The molecule has 13 heavy (non-hydrogen) atoms. The summed E-state index contributed by atoms with van der Waals surface area (Å²) in [6.45, 7) is 6.94. The van der Waals surface area contributed by atoms with E-state index in [0.717, 1.165) is 5.57 Å². The molecule has 0 aliphatic heterocycles. The first-order valence-electron chi connectivity index (χ1n) is 4.39. The van der Waals surface area contributed by atoms with Gasteiger partial charge < -0.3 is 5.11 Å². The van der Waals surface area contributed by atoms with E-state index in [-0.39, 0.29) is 17.3 Å². The molecule has 0 spiro atoms. The number of Topliss-reactive ketones (excluding diaryl/α,β-unsaturated/α-hetero) is 1. The fourth-order valence-electron chi connectivity index (χ4n) is 1.39. The number of hydrogen-bond acceptors (Lipinski definition) is 2. The van der Waals surface area contributed by atoms with Crippen LogP contribution in [-0.2, 0) is 9.59 Å². The Morgan fingerprint density at radius 1 is 1.31 bits per heavy atom. The van der Waals surface area contributed by atoms with Crippen LogP contribution in [0.5, 0.6) is 0 Å². The quantitative estimate of drug-likeness (QED) is 0.413. The van der Waals surface area contributed by atoms with E-state index in [9.17, 15) is 9.59 Å². The molecule has 3 heteroatoms. The summed E-state index contributed by atoms with van der Waals surface area (Å²) >= 11 is 0. The molecule has 0 unspecified atom stereocenters. The van der Waals surface area contributed by atoms with Gasteiger partial charge in [-0.1, -0.05) is 20.8 Å². The Balaban J connectivity index is 5.26. The van der Waals surface area contributed by atoms with Gasteiger partial charge in [-0.15, -0.1) is 0 Å². The number of carboxylic acids is 1. The maximum absolute atomic E-state index is 11.1. The van der Waals surface area contributed by atoms with E-state index < -0.39 is 5.97 Å². The van der Waals surface area contributed by atoms with Gasteiger partial charge in [0.05, 0.1) is 0 Å². The monoisotopic (exact) mass is 184 g/mol. The van der Waals surface area contributed by atoms with E-state index >= 15 is 0 Å². The molecule has 0 aliphatic rings. The Bertz CT molecular complexity index is 233. The van der Waals surface area contributed by atoms with Crippen molar-refractivity contribution in [3.63, 3.8) is 0 Å². The van der Waals surface area contributed by atoms with Crippen molar-refractivity contribution in [2.45, 2.75) is 34.1 Å². The molecule has 0 aromatic heterocycles. The van der Waals surface area contributed by atoms with E-state index in [2.05, 4.69) is 0 Å². The molecule has 3 nitrogen and oxygen atoms in total. The minimum absolute atomic E-state index is 0.0440. The van der Waals surface area contributed by atoms with Crippen LogP contribution < -0.4 is 0 Å². The van der Waals surface area contributed by atoms with Gasteiger partial charge in [0.15, 0.2) is 5.78 Å². The number of carboxylic acid groups (broad SMARTS) is 1. The normalized spacial score (nSPS) is 12.7. The first kappa shape index (κ1) is 11.9. The first-order valence-corrected chi connectivity index (χ1v) is 4.39. The summed E-state index contributed by atoms with van der Waals surface area (Å²) in [7, 11) is 0. The Hall–Kier alpha value is -1.12. The van der Waals surface area contributed by atoms with Crippen LogP contribution in [0, 0.1) is 5.92 Å². The number of rotatable bonds is 4. The van der Waals surface area contributed by atoms with Crippen LogP contribution in [0.1, 0.15) is 34.1 Å². The molecule has 0 heterocycles. The Morgan fingerprint density at radius 3 is 1.85 bits per heavy atom. The number of ketones is 1. The van der Waals surface area contributed by atoms with Gasteiger partial charge in [-0.25, -0.2) is 4.79 Å². The van der Waals surface area contributed by atoms with Crippen LogP contribution in [-0.4, -0.2) is 16.9 Å². The maximum atomic E-state index is 11.1. The average molecular weight is 184 g/mol. The molecule has 0 saturated carbocycles. The van der Waals surface area contributed by atoms with Crippen LogP contribution in [0.4, 0.5) is 0 Å². The maximum Gasteiger partial charge on any atom is 0.339 e. The second-order valence-corrected chi connectivity index (χ2v) is 3.27. The third-order valence-corrected chi connectivity index (χ3v) is 1.96. The van der Waals surface area contributed by atoms with E-state index in [1.54, 1.807) is 0 Å². The highest BCUT2D eigenvalue weighted by Crippen LogP contribution is 2.19. The molecule has 0 aliphatic carbocycles. The zero-order chi connectivity index (χ0) is 10.6. The summed E-state index contributed by atoms with van der Waals surface area (Å²) < 4.78 is 0. The van der Waals surface area contributed by atoms with Crippen LogP contribution in [0.15, 0.2) is 11.1 Å². The molecule has 0 radical (unpaired) electrons. The van der Waals surface area contributed by atoms with Crippen molar-refractivity contribution in [2.75, 3.05) is 0 Å². The Morgan fingerprint density at radius 2 is 1.77 bits per heavy atom. The Labute approximate surface area is 78.5 Å². The largest absolute Gasteiger partial charge is 0.478 e. The fourth-order valence-corrected chi connectivity index (χ4v) is 1.39. The predicted octanol–water partition coefficient (Wildman–Crippen LogP) is 2.02. The third-order valence-electron chi connectivity index (χ3n) is 1.96. The van der Waals surface area contributed by atoms with Crippen molar-refractivity contribution in [3.8, 4) is 0 Å². The molecule has 0 aromatic carbocycles. The molecule has 0 fully saturated rings. The van der Waals surface area contributed by atoms with Gasteiger partial charge in [-0.2, -0.15) is 0 Å². The second kappa shape index (κ2) is 4.80. The van der Waals surface area contributed by atoms with Gasteiger partial charge in [0.25, 0.3) is 0 Å². The highest BCUT2D eigenvalue weighted by molar-refractivity contribution is 6.16. The summed E-state index contributed by atoms with van der Waals surface area (Å²) in [5.41, 5.74) is 0.678. The van der Waals surface area contributed by atoms with Gasteiger partial charge in [-0.05, 0) is 24.8 Å². The van der Waals surface area contributed by atoms with Crippen molar-refractivity contribution in [2.24, 2.45) is 5.92 Å². The van der Waals surface area contributed by atoms with Crippen molar-refractivity contribution >= 4 is 11.8 Å². The van der Waals surface area contributed by atoms with Gasteiger partial charge in [-0.3, -0.25) is 4.79 Å². The van der Waals surface area contributed by atoms with Crippen LogP contribution >= 0.6 is 0 Å². The average Bonchev–Trinajstić information content (AvgIpc) is 1.97. The number of allylic oxidation sites excluding steroid dienone is 1. The van der Waals surface area contributed by atoms with E-state index in [1.807, 2.05) is 20.8 Å². The first-order chi connectivity index (χ1) is 5.91. The smallest absolute Gasteiger partial charge is 0.339 e. The summed E-state index contributed by atoms with van der Waals surface area (Å²) in [5, 5.41) is 8.82. The predicted molar refractivity (Wildman–Crippen MR) is 50.5 cm³/mol. The number of hydrogen-bond donors (Lipinski definition) is 1. The molecule has 0 aromatic rings. The minimum Gasteiger partial charge on any atom is -0.478 e. The number of carbonyl (C=O) groups excluding carboxylic acids is 1. The molecule has 0 amide bonds. The highest BCUT2D eigenvalue weighted by Gasteiger charge is 2.19. The summed E-state index contributed by atoms with van der Waals surface area (Å²) in [6.07, 6.45) is 0.610. The van der Waals surface area contributed by atoms with Crippen molar-refractivity contribution in [1.29, 1.82) is 0 Å². The molecule has 0 rings (SSSR count). The van der Waals surface area contributed by atoms with Crippen LogP contribution in [0.3, 0.4) is 0 Å². The number of aliphatic carboxylic acids is 1. The van der Waals surface area contributed by atoms with Crippen molar-refractivity contribution < 1.29 is 14.7 Å². The lowest BCUT2D eigenvalue weighted by atomic mass is 9.93. The minimum atomic E-state index is -1.11. The van der Waals surface area contributed by atoms with E-state index in [1.165, 1.54) is 6.92 Å². The summed E-state index contributed by atoms with van der Waals surface area (Å²) in [5.74, 6) is -1.36. The molecular weight excluding hydrogens is 168 g/mol. The standard InChI is InChI=1S/C10H16O3/c1-5-8(6(2)3)9(7(4)11)10(12)13/h6H,5H2,1-4H3,(H,12,13). The zero-order valence-electron chi connectivity index (χ0n) is 8.55. The summed E-state index contributed by atoms with van der Waals surface area (Å²) in [4.78, 5) is 21.8. The van der Waals surface area contributed by atoms with Crippen LogP contribution in [0.2, 0.25) is 0 Å². The molecule has 0 bridgehead atoms. The van der Waals surface area contributed by atoms with Gasteiger partial charge in [0.2, 0.25) is 0 Å². The zero-order valence-corrected chi connectivity index (χ0v) is 8.55. The fraction of sp³-hybridized carbons (Fsp3) is 0.600. The lowest BCUT2D eigenvalue weighted by molar-refractivity contribution is -0.134. The Kier molecular flexibility index (Phi) is 4.38. The lowest BCUT2D eigenvalue weighted by Gasteiger charge is -2.11. The molecule has 74 valence electrons. The van der Waals surface area contributed by atoms with Gasteiger partial charge in [0.1, 0.15) is 5.57 Å². The molecule has 0 atom stereocenters. The lowest BCUT2D eigenvalue weighted by Crippen LogP contribution is -2.14. The van der Waals surface area contributed by atoms with Crippen LogP contribution in [0.25, 0.3) is 0 Å². The van der Waals surface area contributed by atoms with E-state index in [0.29, 0.717) is 6.42 Å².